The quantitative estimate of drug-likeness (QED) is 0.772. The van der Waals surface area contributed by atoms with Crippen LogP contribution in [0.1, 0.15) is 28.4 Å². The molecule has 0 saturated carbocycles. The monoisotopic (exact) mass is 321 g/mol. The molecule has 2 N–H and O–H groups in total. The van der Waals surface area contributed by atoms with Gasteiger partial charge in [-0.1, -0.05) is 13.0 Å². The summed E-state index contributed by atoms with van der Waals surface area (Å²) in [6.07, 6.45) is 6.32. The molecule has 0 saturated heterocycles. The average Bonchev–Trinajstić information content (AvgIpc) is 3.16. The van der Waals surface area contributed by atoms with Crippen LogP contribution in [-0.2, 0) is 17.6 Å². The first-order valence-corrected chi connectivity index (χ1v) is 7.71. The lowest BCUT2D eigenvalue weighted by Gasteiger charge is -2.07. The zero-order valence-corrected chi connectivity index (χ0v) is 13.0. The Bertz CT molecular complexity index is 976. The molecule has 1 aliphatic rings. The molecule has 0 bridgehead atoms. The summed E-state index contributed by atoms with van der Waals surface area (Å²) in [5.41, 5.74) is 4.08. The number of anilines is 2. The molecule has 7 nitrogen and oxygen atoms in total. The minimum absolute atomic E-state index is 0.102. The number of fused-ring (bicyclic) bond motifs is 2. The molecular formula is C17H15N5O2. The van der Waals surface area contributed by atoms with Gasteiger partial charge in [0.1, 0.15) is 5.69 Å². The molecule has 0 fully saturated rings. The first-order chi connectivity index (χ1) is 11.7. The number of nitrogens with zero attached hydrogens (tertiary/aromatic N) is 3. The summed E-state index contributed by atoms with van der Waals surface area (Å²) in [6.45, 7) is 2.04. The van der Waals surface area contributed by atoms with Crippen LogP contribution >= 0.6 is 0 Å². The standard InChI is InChI=1S/C17H15N5O2/c1-2-10-7-18-16-14(8-19-22(16)9-10)21-17(24)11-4-3-5-13-12(11)6-15(23)20-13/h3-5,7-9H,2,6H2,1H3,(H,20,23)(H,21,24). The van der Waals surface area contributed by atoms with Crippen molar-refractivity contribution in [2.45, 2.75) is 19.8 Å². The van der Waals surface area contributed by atoms with Gasteiger partial charge < -0.3 is 10.6 Å². The van der Waals surface area contributed by atoms with Gasteiger partial charge in [0, 0.05) is 23.6 Å². The second-order valence-corrected chi connectivity index (χ2v) is 5.65. The van der Waals surface area contributed by atoms with Crippen LogP contribution < -0.4 is 10.6 Å². The Balaban J connectivity index is 1.66. The fraction of sp³-hybridized carbons (Fsp3) is 0.176. The second-order valence-electron chi connectivity index (χ2n) is 5.65. The third-order valence-electron chi connectivity index (χ3n) is 4.10. The molecule has 2 amide bonds. The van der Waals surface area contributed by atoms with Crippen molar-refractivity contribution in [3.63, 3.8) is 0 Å². The summed E-state index contributed by atoms with van der Waals surface area (Å²) < 4.78 is 1.65. The van der Waals surface area contributed by atoms with E-state index in [2.05, 4.69) is 20.7 Å². The van der Waals surface area contributed by atoms with Gasteiger partial charge in [-0.05, 0) is 29.7 Å². The van der Waals surface area contributed by atoms with E-state index in [0.717, 1.165) is 17.5 Å². The summed E-state index contributed by atoms with van der Waals surface area (Å²) >= 11 is 0. The molecule has 120 valence electrons. The molecule has 0 atom stereocenters. The van der Waals surface area contributed by atoms with E-state index < -0.39 is 0 Å². The Morgan fingerprint density at radius 2 is 2.25 bits per heavy atom. The number of aromatic nitrogens is 3. The topological polar surface area (TPSA) is 88.4 Å². The van der Waals surface area contributed by atoms with Crippen molar-refractivity contribution in [3.8, 4) is 0 Å². The van der Waals surface area contributed by atoms with Crippen molar-refractivity contribution in [3.05, 3.63) is 53.5 Å². The summed E-state index contributed by atoms with van der Waals surface area (Å²) in [7, 11) is 0. The lowest BCUT2D eigenvalue weighted by Crippen LogP contribution is -2.14. The van der Waals surface area contributed by atoms with Crippen LogP contribution in [0.25, 0.3) is 5.65 Å². The van der Waals surface area contributed by atoms with E-state index in [0.29, 0.717) is 22.6 Å². The van der Waals surface area contributed by atoms with Gasteiger partial charge in [0.15, 0.2) is 5.65 Å². The smallest absolute Gasteiger partial charge is 0.256 e. The maximum Gasteiger partial charge on any atom is 0.256 e. The molecular weight excluding hydrogens is 306 g/mol. The summed E-state index contributed by atoms with van der Waals surface area (Å²) in [5.74, 6) is -0.380. The maximum absolute atomic E-state index is 12.6. The summed E-state index contributed by atoms with van der Waals surface area (Å²) in [6, 6.07) is 5.25. The second kappa shape index (κ2) is 5.45. The third-order valence-corrected chi connectivity index (χ3v) is 4.10. The lowest BCUT2D eigenvalue weighted by molar-refractivity contribution is -0.115. The van der Waals surface area contributed by atoms with E-state index in [1.807, 2.05) is 13.1 Å². The number of nitrogens with one attached hydrogen (secondary N) is 2. The zero-order valence-electron chi connectivity index (χ0n) is 13.0. The highest BCUT2D eigenvalue weighted by atomic mass is 16.2. The van der Waals surface area contributed by atoms with E-state index in [-0.39, 0.29) is 18.2 Å². The van der Waals surface area contributed by atoms with Crippen molar-refractivity contribution >= 4 is 28.8 Å². The maximum atomic E-state index is 12.6. The van der Waals surface area contributed by atoms with Crippen LogP contribution in [-0.4, -0.2) is 26.4 Å². The molecule has 2 aromatic heterocycles. The van der Waals surface area contributed by atoms with Crippen molar-refractivity contribution in [1.29, 1.82) is 0 Å². The number of hydrogen-bond donors (Lipinski definition) is 2. The highest BCUT2D eigenvalue weighted by Gasteiger charge is 2.24. The van der Waals surface area contributed by atoms with Crippen molar-refractivity contribution in [2.24, 2.45) is 0 Å². The van der Waals surface area contributed by atoms with Crippen LogP contribution in [0.2, 0.25) is 0 Å². The SMILES string of the molecule is CCc1cnc2c(NC(=O)c3cccc4c3CC(=O)N4)cnn2c1. The highest BCUT2D eigenvalue weighted by Crippen LogP contribution is 2.27. The Kier molecular flexibility index (Phi) is 3.26. The normalized spacial score (nSPS) is 13.0. The van der Waals surface area contributed by atoms with Gasteiger partial charge in [0.05, 0.1) is 12.6 Å². The minimum atomic E-state index is -0.278. The van der Waals surface area contributed by atoms with Gasteiger partial charge >= 0.3 is 0 Å². The number of hydrogen-bond acceptors (Lipinski definition) is 4. The lowest BCUT2D eigenvalue weighted by atomic mass is 10.0. The van der Waals surface area contributed by atoms with Crippen LogP contribution in [0.5, 0.6) is 0 Å². The average molecular weight is 321 g/mol. The number of amides is 2. The van der Waals surface area contributed by atoms with E-state index >= 15 is 0 Å². The predicted octanol–water partition coefficient (Wildman–Crippen LogP) is 2.04. The number of carbonyl (C=O) groups is 2. The zero-order chi connectivity index (χ0) is 16.7. The first kappa shape index (κ1) is 14.4. The molecule has 4 rings (SSSR count). The molecule has 0 radical (unpaired) electrons. The van der Waals surface area contributed by atoms with E-state index in [4.69, 9.17) is 0 Å². The molecule has 1 aromatic carbocycles. The van der Waals surface area contributed by atoms with Gasteiger partial charge in [-0.15, -0.1) is 0 Å². The van der Waals surface area contributed by atoms with Crippen LogP contribution in [0, 0.1) is 0 Å². The molecule has 3 aromatic rings. The van der Waals surface area contributed by atoms with Gasteiger partial charge in [-0.3, -0.25) is 9.59 Å². The number of rotatable bonds is 3. The Morgan fingerprint density at radius 3 is 3.08 bits per heavy atom. The Morgan fingerprint density at radius 1 is 1.38 bits per heavy atom. The molecule has 7 heteroatoms. The van der Waals surface area contributed by atoms with Gasteiger partial charge in [-0.25, -0.2) is 9.50 Å². The molecule has 24 heavy (non-hydrogen) atoms. The molecule has 0 aliphatic carbocycles. The number of benzene rings is 1. The summed E-state index contributed by atoms with van der Waals surface area (Å²) in [4.78, 5) is 28.6. The number of aryl methyl sites for hydroxylation is 1. The first-order valence-electron chi connectivity index (χ1n) is 7.71. The van der Waals surface area contributed by atoms with E-state index in [9.17, 15) is 9.59 Å². The van der Waals surface area contributed by atoms with Gasteiger partial charge in [0.2, 0.25) is 5.91 Å². The van der Waals surface area contributed by atoms with Crippen LogP contribution in [0.3, 0.4) is 0 Å². The molecule has 3 heterocycles. The van der Waals surface area contributed by atoms with Crippen molar-refractivity contribution in [2.75, 3.05) is 10.6 Å². The van der Waals surface area contributed by atoms with E-state index in [1.165, 1.54) is 0 Å². The fourth-order valence-corrected chi connectivity index (χ4v) is 2.84. The summed E-state index contributed by atoms with van der Waals surface area (Å²) in [5, 5.41) is 9.82. The highest BCUT2D eigenvalue weighted by molar-refractivity contribution is 6.11. The fourth-order valence-electron chi connectivity index (χ4n) is 2.84. The van der Waals surface area contributed by atoms with E-state index in [1.54, 1.807) is 35.1 Å². The van der Waals surface area contributed by atoms with Gasteiger partial charge in [0.25, 0.3) is 5.91 Å². The largest absolute Gasteiger partial charge is 0.326 e. The van der Waals surface area contributed by atoms with Crippen LogP contribution in [0.15, 0.2) is 36.8 Å². The van der Waals surface area contributed by atoms with Crippen LogP contribution in [0.4, 0.5) is 11.4 Å². The number of carbonyl (C=O) groups excluding carboxylic acids is 2. The minimum Gasteiger partial charge on any atom is -0.326 e. The molecule has 1 aliphatic heterocycles. The third kappa shape index (κ3) is 2.30. The predicted molar refractivity (Wildman–Crippen MR) is 89.1 cm³/mol. The molecule has 0 spiro atoms. The molecule has 0 unspecified atom stereocenters. The van der Waals surface area contributed by atoms with Crippen molar-refractivity contribution < 1.29 is 9.59 Å². The van der Waals surface area contributed by atoms with Crippen molar-refractivity contribution in [1.82, 2.24) is 14.6 Å². The Labute approximate surface area is 137 Å². The van der Waals surface area contributed by atoms with Gasteiger partial charge in [-0.2, -0.15) is 5.10 Å². The Hall–Kier alpha value is -3.22.